The molecule has 0 saturated heterocycles. The molecule has 1 heteroatoms. The topological polar surface area (TPSA) is 20.2 Å². The molecular weight excluding hydrogens is 148 g/mol. The molecule has 1 aliphatic carbocycles. The Hall–Kier alpha value is -0.300. The summed E-state index contributed by atoms with van der Waals surface area (Å²) < 4.78 is 0. The molecule has 0 aromatic heterocycles. The molecule has 1 fully saturated rings. The zero-order valence-electron chi connectivity index (χ0n) is 8.05. The summed E-state index contributed by atoms with van der Waals surface area (Å²) in [6.07, 6.45) is 12.1. The van der Waals surface area contributed by atoms with Gasteiger partial charge in [-0.25, -0.2) is 0 Å². The van der Waals surface area contributed by atoms with Gasteiger partial charge in [0.1, 0.15) is 0 Å². The summed E-state index contributed by atoms with van der Waals surface area (Å²) in [7, 11) is 0. The smallest absolute Gasteiger partial charge is 0.0827 e. The molecule has 0 radical (unpaired) electrons. The average molecular weight is 168 g/mol. The lowest BCUT2D eigenvalue weighted by Gasteiger charge is -2.16. The Morgan fingerprint density at radius 1 is 1.33 bits per heavy atom. The van der Waals surface area contributed by atoms with Crippen LogP contribution >= 0.6 is 0 Å². The van der Waals surface area contributed by atoms with Gasteiger partial charge in [-0.2, -0.15) is 0 Å². The monoisotopic (exact) mass is 168 g/mol. The molecule has 1 N–H and O–H groups in total. The highest BCUT2D eigenvalue weighted by Crippen LogP contribution is 2.30. The van der Waals surface area contributed by atoms with E-state index in [0.29, 0.717) is 0 Å². The minimum absolute atomic E-state index is 0.437. The van der Waals surface area contributed by atoms with Crippen LogP contribution in [0.2, 0.25) is 0 Å². The highest BCUT2D eigenvalue weighted by atomic mass is 16.3. The summed E-state index contributed by atoms with van der Waals surface area (Å²) in [5.41, 5.74) is -0.437. The molecule has 0 heterocycles. The Bertz CT molecular complexity index is 143. The van der Waals surface area contributed by atoms with Gasteiger partial charge < -0.3 is 5.11 Å². The highest BCUT2D eigenvalue weighted by molar-refractivity contribution is 5.03. The van der Waals surface area contributed by atoms with E-state index in [1.165, 1.54) is 25.7 Å². The lowest BCUT2D eigenvalue weighted by atomic mass is 10.0. The number of hydrogen-bond donors (Lipinski definition) is 1. The van der Waals surface area contributed by atoms with E-state index in [0.717, 1.165) is 19.3 Å². The van der Waals surface area contributed by atoms with Gasteiger partial charge in [-0.15, -0.1) is 0 Å². The van der Waals surface area contributed by atoms with Crippen molar-refractivity contribution in [3.8, 4) is 0 Å². The van der Waals surface area contributed by atoms with Gasteiger partial charge >= 0.3 is 0 Å². The first-order valence-electron chi connectivity index (χ1n) is 5.17. The average Bonchev–Trinajstić information content (AvgIpc) is 2.47. The molecule has 70 valence electrons. The summed E-state index contributed by atoms with van der Waals surface area (Å²) in [6, 6.07) is 0. The van der Waals surface area contributed by atoms with E-state index in [-0.39, 0.29) is 0 Å². The summed E-state index contributed by atoms with van der Waals surface area (Å²) in [5, 5.41) is 9.90. The van der Waals surface area contributed by atoms with Crippen LogP contribution in [0.5, 0.6) is 0 Å². The number of rotatable bonds is 4. The second-order valence-electron chi connectivity index (χ2n) is 3.86. The predicted octanol–water partition coefficient (Wildman–Crippen LogP) is 3.04. The summed E-state index contributed by atoms with van der Waals surface area (Å²) >= 11 is 0. The molecule has 0 aromatic carbocycles. The molecule has 1 aliphatic rings. The fourth-order valence-corrected chi connectivity index (χ4v) is 1.78. The van der Waals surface area contributed by atoms with Gasteiger partial charge in [-0.05, 0) is 19.3 Å². The maximum Gasteiger partial charge on any atom is 0.0827 e. The number of allylic oxidation sites excluding steroid dienone is 1. The first kappa shape index (κ1) is 9.79. The second-order valence-corrected chi connectivity index (χ2v) is 3.86. The Kier molecular flexibility index (Phi) is 3.80. The van der Waals surface area contributed by atoms with Crippen molar-refractivity contribution in [2.45, 2.75) is 57.5 Å². The molecule has 0 bridgehead atoms. The number of unbranched alkanes of at least 4 members (excludes halogenated alkanes) is 2. The van der Waals surface area contributed by atoms with Gasteiger partial charge in [0.25, 0.3) is 0 Å². The van der Waals surface area contributed by atoms with E-state index in [9.17, 15) is 5.11 Å². The molecule has 1 nitrogen and oxygen atoms in total. The first-order valence-corrected chi connectivity index (χ1v) is 5.17. The minimum atomic E-state index is -0.437. The third-order valence-electron chi connectivity index (χ3n) is 2.62. The van der Waals surface area contributed by atoms with Crippen LogP contribution in [0.15, 0.2) is 12.2 Å². The van der Waals surface area contributed by atoms with Crippen LogP contribution < -0.4 is 0 Å². The summed E-state index contributed by atoms with van der Waals surface area (Å²) in [4.78, 5) is 0. The minimum Gasteiger partial charge on any atom is -0.386 e. The highest BCUT2D eigenvalue weighted by Gasteiger charge is 2.27. The Morgan fingerprint density at radius 2 is 2.00 bits per heavy atom. The standard InChI is InChI=1S/C11H20O/c1-2-3-4-5-8-11(12)9-6-7-10-11/h5,8,12H,2-4,6-7,9-10H2,1H3/b8-5+. The van der Waals surface area contributed by atoms with Crippen molar-refractivity contribution in [1.29, 1.82) is 0 Å². The van der Waals surface area contributed by atoms with Gasteiger partial charge in [-0.1, -0.05) is 44.8 Å². The molecule has 0 spiro atoms. The van der Waals surface area contributed by atoms with Crippen LogP contribution in [0, 0.1) is 0 Å². The number of aliphatic hydroxyl groups is 1. The predicted molar refractivity (Wildman–Crippen MR) is 52.1 cm³/mol. The molecule has 12 heavy (non-hydrogen) atoms. The maximum atomic E-state index is 9.90. The van der Waals surface area contributed by atoms with Crippen molar-refractivity contribution >= 4 is 0 Å². The summed E-state index contributed by atoms with van der Waals surface area (Å²) in [5.74, 6) is 0. The zero-order chi connectivity index (χ0) is 8.86. The van der Waals surface area contributed by atoms with E-state index in [1.54, 1.807) is 0 Å². The van der Waals surface area contributed by atoms with Crippen molar-refractivity contribution in [2.75, 3.05) is 0 Å². The Labute approximate surface area is 75.5 Å². The molecule has 0 amide bonds. The normalized spacial score (nSPS) is 22.2. The van der Waals surface area contributed by atoms with Crippen molar-refractivity contribution in [1.82, 2.24) is 0 Å². The molecule has 0 aromatic rings. The van der Waals surface area contributed by atoms with E-state index >= 15 is 0 Å². The maximum absolute atomic E-state index is 9.90. The fraction of sp³-hybridized carbons (Fsp3) is 0.818. The molecule has 1 rings (SSSR count). The van der Waals surface area contributed by atoms with Crippen molar-refractivity contribution in [3.63, 3.8) is 0 Å². The number of hydrogen-bond acceptors (Lipinski definition) is 1. The largest absolute Gasteiger partial charge is 0.386 e. The Balaban J connectivity index is 2.23. The quantitative estimate of drug-likeness (QED) is 0.505. The molecular formula is C11H20O. The second kappa shape index (κ2) is 4.66. The van der Waals surface area contributed by atoms with Crippen LogP contribution in [0.4, 0.5) is 0 Å². The fourth-order valence-electron chi connectivity index (χ4n) is 1.78. The van der Waals surface area contributed by atoms with Crippen LogP contribution in [0.25, 0.3) is 0 Å². The third kappa shape index (κ3) is 2.98. The van der Waals surface area contributed by atoms with Crippen LogP contribution in [-0.2, 0) is 0 Å². The van der Waals surface area contributed by atoms with E-state index in [2.05, 4.69) is 13.0 Å². The van der Waals surface area contributed by atoms with E-state index in [4.69, 9.17) is 0 Å². The van der Waals surface area contributed by atoms with Gasteiger partial charge in [0, 0.05) is 0 Å². The lowest BCUT2D eigenvalue weighted by molar-refractivity contribution is 0.0989. The third-order valence-corrected chi connectivity index (χ3v) is 2.62. The Morgan fingerprint density at radius 3 is 2.58 bits per heavy atom. The molecule has 0 aliphatic heterocycles. The van der Waals surface area contributed by atoms with E-state index < -0.39 is 5.60 Å². The molecule has 0 atom stereocenters. The molecule has 0 unspecified atom stereocenters. The summed E-state index contributed by atoms with van der Waals surface area (Å²) in [6.45, 7) is 2.19. The van der Waals surface area contributed by atoms with E-state index in [1.807, 2.05) is 6.08 Å². The van der Waals surface area contributed by atoms with Gasteiger partial charge in [0.2, 0.25) is 0 Å². The van der Waals surface area contributed by atoms with Crippen molar-refractivity contribution < 1.29 is 5.11 Å². The first-order chi connectivity index (χ1) is 5.77. The van der Waals surface area contributed by atoms with Gasteiger partial charge in [-0.3, -0.25) is 0 Å². The lowest BCUT2D eigenvalue weighted by Crippen LogP contribution is -2.19. The molecule has 1 saturated carbocycles. The van der Waals surface area contributed by atoms with Crippen molar-refractivity contribution in [3.05, 3.63) is 12.2 Å². The van der Waals surface area contributed by atoms with Crippen molar-refractivity contribution in [2.24, 2.45) is 0 Å². The van der Waals surface area contributed by atoms with Crippen LogP contribution in [-0.4, -0.2) is 10.7 Å². The van der Waals surface area contributed by atoms with Gasteiger partial charge in [0.15, 0.2) is 0 Å². The SMILES string of the molecule is CCCC/C=C/C1(O)CCCC1. The van der Waals surface area contributed by atoms with Crippen LogP contribution in [0.1, 0.15) is 51.9 Å². The van der Waals surface area contributed by atoms with Crippen LogP contribution in [0.3, 0.4) is 0 Å². The zero-order valence-corrected chi connectivity index (χ0v) is 8.05. The van der Waals surface area contributed by atoms with Gasteiger partial charge in [0.05, 0.1) is 5.60 Å².